The highest BCUT2D eigenvalue weighted by atomic mass is 16.7. The number of esters is 1. The molecule has 0 aromatic rings. The monoisotopic (exact) mass is 872 g/mol. The molecule has 14 nitrogen and oxygen atoms in total. The highest BCUT2D eigenvalue weighted by molar-refractivity contribution is 5.78. The van der Waals surface area contributed by atoms with Gasteiger partial charge < -0.3 is 62.7 Å². The maximum Gasteiger partial charge on any atom is 0.316 e. The minimum absolute atomic E-state index is 0.0317. The highest BCUT2D eigenvalue weighted by Gasteiger charge is 2.60. The number of ether oxygens (including phenoxy) is 10. The van der Waals surface area contributed by atoms with Crippen molar-refractivity contribution in [1.82, 2.24) is 0 Å². The predicted octanol–water partition coefficient (Wildman–Crippen LogP) is 5.38. The van der Waals surface area contributed by atoms with E-state index < -0.39 is 90.8 Å². The van der Waals surface area contributed by atoms with Crippen molar-refractivity contribution in [3.05, 3.63) is 59.3 Å². The molecule has 3 N–H and O–H groups in total. The molecule has 1 spiro atoms. The molecular formula is C48H72O14. The lowest BCUT2D eigenvalue weighted by Crippen LogP contribution is -2.58. The third kappa shape index (κ3) is 9.64. The van der Waals surface area contributed by atoms with Crippen LogP contribution in [0.25, 0.3) is 0 Å². The van der Waals surface area contributed by atoms with Gasteiger partial charge in [0.15, 0.2) is 18.4 Å². The molecule has 20 atom stereocenters. The van der Waals surface area contributed by atoms with Gasteiger partial charge in [-0.15, -0.1) is 0 Å². The quantitative estimate of drug-likeness (QED) is 0.210. The van der Waals surface area contributed by atoms with E-state index in [0.717, 1.165) is 12.0 Å². The van der Waals surface area contributed by atoms with Crippen molar-refractivity contribution in [2.24, 2.45) is 23.7 Å². The van der Waals surface area contributed by atoms with Crippen LogP contribution >= 0.6 is 0 Å². The molecule has 0 aromatic heterocycles. The number of hydrogen-bond acceptors (Lipinski definition) is 14. The SMILES string of the molecule is CCC(C)[C@H]1O[C@]2(C=C[C@@H]1C)C[C@@H]1C[C@@H](C/C=C(\C)[C@@H](O[C@H]3C[C@H](OC)[C@@H](O[C@H]4C[C@@H](OC)[C@H](O)[C@@H](C)O4)[C@H](C)O3)[C@@H](C)/C=C/C=C3\CO[C@@H]4[C@H](O)C(C)=C[C@@H](C(=O)O1)[C@]34O)O2. The van der Waals surface area contributed by atoms with E-state index in [1.165, 1.54) is 0 Å². The van der Waals surface area contributed by atoms with Gasteiger partial charge >= 0.3 is 5.97 Å². The Kier molecular flexibility index (Phi) is 15.1. The molecule has 4 fully saturated rings. The summed E-state index contributed by atoms with van der Waals surface area (Å²) in [5.74, 6) is -2.56. The Morgan fingerprint density at radius 2 is 1.60 bits per heavy atom. The van der Waals surface area contributed by atoms with Crippen molar-refractivity contribution in [3.63, 3.8) is 0 Å². The fourth-order valence-corrected chi connectivity index (χ4v) is 10.6. The summed E-state index contributed by atoms with van der Waals surface area (Å²) in [6, 6.07) is 0. The second-order valence-corrected chi connectivity index (χ2v) is 19.0. The summed E-state index contributed by atoms with van der Waals surface area (Å²) >= 11 is 0. The van der Waals surface area contributed by atoms with Gasteiger partial charge in [0, 0.05) is 51.7 Å². The number of aliphatic hydroxyl groups excluding tert-OH is 2. The number of rotatable bonds is 8. The number of aliphatic hydroxyl groups is 3. The Hall–Kier alpha value is -2.31. The molecule has 4 saturated heterocycles. The van der Waals surface area contributed by atoms with Crippen LogP contribution in [0.15, 0.2) is 59.3 Å². The van der Waals surface area contributed by atoms with Gasteiger partial charge in [-0.25, -0.2) is 0 Å². The van der Waals surface area contributed by atoms with Gasteiger partial charge in [-0.2, -0.15) is 0 Å². The van der Waals surface area contributed by atoms with Crippen molar-refractivity contribution in [1.29, 1.82) is 0 Å². The second-order valence-electron chi connectivity index (χ2n) is 19.0. The summed E-state index contributed by atoms with van der Waals surface area (Å²) in [6.45, 7) is 16.1. The van der Waals surface area contributed by atoms with Gasteiger partial charge in [0.1, 0.15) is 42.0 Å². The third-order valence-corrected chi connectivity index (χ3v) is 14.5. The third-order valence-electron chi connectivity index (χ3n) is 14.5. The van der Waals surface area contributed by atoms with Crippen LogP contribution in [-0.4, -0.2) is 139 Å². The lowest BCUT2D eigenvalue weighted by atomic mass is 9.71. The molecule has 1 unspecified atom stereocenters. The molecule has 2 bridgehead atoms. The Balaban J connectivity index is 1.18. The smallest absolute Gasteiger partial charge is 0.316 e. The Morgan fingerprint density at radius 1 is 0.887 bits per heavy atom. The zero-order valence-corrected chi connectivity index (χ0v) is 38.2. The van der Waals surface area contributed by atoms with E-state index in [0.29, 0.717) is 43.3 Å². The molecule has 0 radical (unpaired) electrons. The number of carbonyl (C=O) groups is 1. The van der Waals surface area contributed by atoms with Crippen LogP contribution in [-0.2, 0) is 52.2 Å². The minimum Gasteiger partial charge on any atom is -0.462 e. The maximum atomic E-state index is 14.3. The largest absolute Gasteiger partial charge is 0.462 e. The molecule has 6 aliphatic heterocycles. The highest BCUT2D eigenvalue weighted by Crippen LogP contribution is 2.47. The van der Waals surface area contributed by atoms with Gasteiger partial charge in [-0.3, -0.25) is 4.79 Å². The molecule has 0 aromatic carbocycles. The molecule has 0 amide bonds. The van der Waals surface area contributed by atoms with Crippen LogP contribution in [0, 0.1) is 23.7 Å². The van der Waals surface area contributed by atoms with Crippen molar-refractivity contribution in [3.8, 4) is 0 Å². The Morgan fingerprint density at radius 3 is 2.32 bits per heavy atom. The van der Waals surface area contributed by atoms with Gasteiger partial charge in [0.25, 0.3) is 0 Å². The van der Waals surface area contributed by atoms with Crippen molar-refractivity contribution >= 4 is 5.97 Å². The minimum atomic E-state index is -1.84. The van der Waals surface area contributed by atoms with E-state index in [1.54, 1.807) is 40.2 Å². The predicted molar refractivity (Wildman–Crippen MR) is 227 cm³/mol. The van der Waals surface area contributed by atoms with Gasteiger partial charge in [0.05, 0.1) is 49.3 Å². The molecule has 6 heterocycles. The summed E-state index contributed by atoms with van der Waals surface area (Å²) in [5.41, 5.74) is 0.134. The fourth-order valence-electron chi connectivity index (χ4n) is 10.6. The topological polar surface area (TPSA) is 170 Å². The number of methoxy groups -OCH3 is 2. The summed E-state index contributed by atoms with van der Waals surface area (Å²) in [6.07, 6.45) is 8.55. The van der Waals surface area contributed by atoms with Crippen LogP contribution in [0.1, 0.15) is 93.9 Å². The van der Waals surface area contributed by atoms with E-state index in [9.17, 15) is 20.1 Å². The summed E-state index contributed by atoms with van der Waals surface area (Å²) in [5, 5.41) is 34.2. The van der Waals surface area contributed by atoms with Crippen LogP contribution in [0.4, 0.5) is 0 Å². The first-order valence-corrected chi connectivity index (χ1v) is 22.9. The molecule has 7 aliphatic rings. The summed E-state index contributed by atoms with van der Waals surface area (Å²) < 4.78 is 63.7. The summed E-state index contributed by atoms with van der Waals surface area (Å²) in [4.78, 5) is 14.3. The lowest BCUT2D eigenvalue weighted by Gasteiger charge is -2.48. The zero-order chi connectivity index (χ0) is 44.7. The molecule has 348 valence electrons. The molecule has 7 rings (SSSR count). The standard InChI is InChI=1S/C48H72O14/c1-11-25(2)43-28(5)17-18-47(62-43)23-34-20-33(61-47)16-15-27(4)42(26(3)13-12-14-32-24-55-45-40(49)29(6)19-35(46(51)58-34)48(32,45)52)59-39-22-37(54-10)44(31(8)57-39)60-38-21-36(53-9)41(50)30(7)56-38/h12-15,17-19,25-26,28,30-31,33-45,49-50,52H,11,16,20-24H2,1-10H3/b13-12+,27-15+,32-14+/t25?,26-,28-,30+,31-,33+,34-,35-,36+,37-,38-,39-,40+,41+,42-,43+,44-,45+,47+,48+/m0/s1. The number of fused-ring (bicyclic) bond motifs is 2. The Bertz CT molecular complexity index is 1730. The average molecular weight is 873 g/mol. The van der Waals surface area contributed by atoms with Gasteiger partial charge in [-0.1, -0.05) is 70.6 Å². The lowest BCUT2D eigenvalue weighted by molar-refractivity contribution is -0.318. The number of hydrogen-bond donors (Lipinski definition) is 3. The summed E-state index contributed by atoms with van der Waals surface area (Å²) in [7, 11) is 3.22. The second kappa shape index (κ2) is 19.7. The molecule has 1 aliphatic carbocycles. The fraction of sp³-hybridized carbons (Fsp3) is 0.771. The van der Waals surface area contributed by atoms with Gasteiger partial charge in [0.2, 0.25) is 0 Å². The van der Waals surface area contributed by atoms with Crippen LogP contribution in [0.3, 0.4) is 0 Å². The molecule has 62 heavy (non-hydrogen) atoms. The van der Waals surface area contributed by atoms with Crippen molar-refractivity contribution in [2.75, 3.05) is 20.8 Å². The first-order valence-electron chi connectivity index (χ1n) is 22.9. The van der Waals surface area contributed by atoms with E-state index >= 15 is 0 Å². The van der Waals surface area contributed by atoms with Crippen LogP contribution in [0.2, 0.25) is 0 Å². The van der Waals surface area contributed by atoms with Crippen LogP contribution < -0.4 is 0 Å². The van der Waals surface area contributed by atoms with E-state index in [-0.39, 0.29) is 42.7 Å². The first kappa shape index (κ1) is 47.6. The maximum absolute atomic E-state index is 14.3. The zero-order valence-electron chi connectivity index (χ0n) is 38.2. The van der Waals surface area contributed by atoms with E-state index in [1.807, 2.05) is 32.1 Å². The Labute approximate surface area is 367 Å². The first-order chi connectivity index (χ1) is 29.5. The number of carbonyl (C=O) groups excluding carboxylic acids is 1. The molecular weight excluding hydrogens is 801 g/mol. The van der Waals surface area contributed by atoms with E-state index in [2.05, 4.69) is 39.8 Å². The molecule has 14 heteroatoms. The van der Waals surface area contributed by atoms with Crippen LogP contribution in [0.5, 0.6) is 0 Å². The van der Waals surface area contributed by atoms with Crippen molar-refractivity contribution < 1.29 is 67.5 Å². The van der Waals surface area contributed by atoms with E-state index in [4.69, 9.17) is 47.4 Å². The number of allylic oxidation sites excluding steroid dienone is 2. The average Bonchev–Trinajstić information content (AvgIpc) is 3.58. The normalized spacial score (nSPS) is 49.1. The molecule has 0 saturated carbocycles. The van der Waals surface area contributed by atoms with Crippen molar-refractivity contribution in [2.45, 2.75) is 191 Å². The van der Waals surface area contributed by atoms with Gasteiger partial charge in [-0.05, 0) is 62.8 Å².